The van der Waals surface area contributed by atoms with Crippen LogP contribution in [-0.2, 0) is 0 Å². The van der Waals surface area contributed by atoms with Crippen molar-refractivity contribution in [3.05, 3.63) is 35.4 Å². The van der Waals surface area contributed by atoms with E-state index in [1.54, 1.807) is 7.11 Å². The summed E-state index contributed by atoms with van der Waals surface area (Å²) in [4.78, 5) is 0. The molecule has 112 valence electrons. The maximum Gasteiger partial charge on any atom is 0.136 e. The number of rotatable bonds is 4. The molecule has 0 radical (unpaired) electrons. The predicted molar refractivity (Wildman–Crippen MR) is 86.3 cm³/mol. The van der Waals surface area contributed by atoms with Crippen molar-refractivity contribution in [2.75, 3.05) is 12.4 Å². The molecule has 1 aromatic rings. The van der Waals surface area contributed by atoms with E-state index in [1.807, 2.05) is 24.3 Å². The zero-order chi connectivity index (χ0) is 15.5. The molecule has 0 aromatic heterocycles. The molecular weight excluding hydrogens is 260 g/mol. The molecule has 1 aliphatic rings. The molecular formula is C18H24N2O. The third-order valence-electron chi connectivity index (χ3n) is 4.36. The number of nitrogens with zero attached hydrogens (tertiary/aromatic N) is 1. The van der Waals surface area contributed by atoms with Crippen molar-refractivity contribution >= 4 is 5.69 Å². The van der Waals surface area contributed by atoms with E-state index in [-0.39, 0.29) is 11.5 Å². The summed E-state index contributed by atoms with van der Waals surface area (Å²) in [5, 5.41) is 13.0. The minimum atomic E-state index is -0.270. The molecule has 2 rings (SSSR count). The summed E-state index contributed by atoms with van der Waals surface area (Å²) in [7, 11) is 1.65. The Morgan fingerprint density at radius 3 is 2.48 bits per heavy atom. The first-order valence-corrected chi connectivity index (χ1v) is 7.48. The second-order valence-electron chi connectivity index (χ2n) is 6.37. The molecule has 3 nitrogen and oxygen atoms in total. The summed E-state index contributed by atoms with van der Waals surface area (Å²) >= 11 is 0. The van der Waals surface area contributed by atoms with Crippen LogP contribution in [-0.4, -0.2) is 13.2 Å². The summed E-state index contributed by atoms with van der Waals surface area (Å²) in [6.45, 7) is 6.65. The first-order chi connectivity index (χ1) is 9.97. The smallest absolute Gasteiger partial charge is 0.136 e. The Balaban J connectivity index is 2.25. The number of ether oxygens (including phenoxy) is 1. The molecule has 1 atom stereocenters. The van der Waals surface area contributed by atoms with E-state index in [1.165, 1.54) is 17.6 Å². The monoisotopic (exact) mass is 284 g/mol. The van der Waals surface area contributed by atoms with Gasteiger partial charge in [0.15, 0.2) is 0 Å². The fraction of sp³-hybridized carbons (Fsp3) is 0.500. The van der Waals surface area contributed by atoms with Crippen molar-refractivity contribution in [3.63, 3.8) is 0 Å². The fourth-order valence-electron chi connectivity index (χ4n) is 3.30. The summed E-state index contributed by atoms with van der Waals surface area (Å²) in [5.74, 6) is 0.822. The van der Waals surface area contributed by atoms with Gasteiger partial charge in [-0.2, -0.15) is 5.26 Å². The van der Waals surface area contributed by atoms with Crippen LogP contribution in [0.2, 0.25) is 0 Å². The average molecular weight is 284 g/mol. The van der Waals surface area contributed by atoms with Crippen LogP contribution in [0.15, 0.2) is 35.4 Å². The molecule has 0 fully saturated rings. The van der Waals surface area contributed by atoms with Gasteiger partial charge in [0, 0.05) is 5.69 Å². The first-order valence-electron chi connectivity index (χ1n) is 7.48. The number of hydrogen-bond acceptors (Lipinski definition) is 3. The Kier molecular flexibility index (Phi) is 4.57. The molecule has 0 saturated heterocycles. The van der Waals surface area contributed by atoms with E-state index >= 15 is 0 Å². The molecule has 0 heterocycles. The number of methoxy groups -OCH3 is 1. The highest BCUT2D eigenvalue weighted by molar-refractivity contribution is 5.51. The summed E-state index contributed by atoms with van der Waals surface area (Å²) < 4.78 is 5.16. The van der Waals surface area contributed by atoms with Gasteiger partial charge in [0.05, 0.1) is 13.2 Å². The number of nitrogens with one attached hydrogen (secondary N) is 1. The molecule has 0 spiro atoms. The lowest BCUT2D eigenvalue weighted by Gasteiger charge is -2.37. The van der Waals surface area contributed by atoms with Crippen LogP contribution in [0.1, 0.15) is 40.0 Å². The Morgan fingerprint density at radius 1 is 1.29 bits per heavy atom. The minimum Gasteiger partial charge on any atom is -0.497 e. The predicted octanol–water partition coefficient (Wildman–Crippen LogP) is 4.53. The minimum absolute atomic E-state index is 0.0855. The topological polar surface area (TPSA) is 45.0 Å². The van der Waals surface area contributed by atoms with Crippen LogP contribution in [0.25, 0.3) is 0 Å². The van der Waals surface area contributed by atoms with Crippen molar-refractivity contribution < 1.29 is 4.74 Å². The lowest BCUT2D eigenvalue weighted by molar-refractivity contribution is 0.356. The van der Waals surface area contributed by atoms with E-state index in [4.69, 9.17) is 4.74 Å². The van der Waals surface area contributed by atoms with Crippen LogP contribution in [0.4, 0.5) is 5.69 Å². The summed E-state index contributed by atoms with van der Waals surface area (Å²) in [5.41, 5.74) is 3.65. The SMILES string of the molecule is COc1ccc(NC(C#N)C2=C(C)CCCC2(C)C)cc1. The summed E-state index contributed by atoms with van der Waals surface area (Å²) in [6, 6.07) is 9.88. The van der Waals surface area contributed by atoms with Gasteiger partial charge in [0.1, 0.15) is 11.8 Å². The maximum absolute atomic E-state index is 9.62. The van der Waals surface area contributed by atoms with Crippen LogP contribution in [0, 0.1) is 16.7 Å². The third-order valence-corrected chi connectivity index (χ3v) is 4.36. The molecule has 0 aliphatic heterocycles. The quantitative estimate of drug-likeness (QED) is 0.826. The highest BCUT2D eigenvalue weighted by Crippen LogP contribution is 2.42. The molecule has 1 aliphatic carbocycles. The van der Waals surface area contributed by atoms with Crippen molar-refractivity contribution in [1.82, 2.24) is 0 Å². The van der Waals surface area contributed by atoms with Gasteiger partial charge in [0.2, 0.25) is 0 Å². The molecule has 1 aromatic carbocycles. The Hall–Kier alpha value is -1.95. The standard InChI is InChI=1S/C18H24N2O/c1-13-6-5-11-18(2,3)17(13)16(12-19)20-14-7-9-15(21-4)10-8-14/h7-10,16,20H,5-6,11H2,1-4H3. The van der Waals surface area contributed by atoms with E-state index in [0.717, 1.165) is 24.3 Å². The number of hydrogen-bond donors (Lipinski definition) is 1. The fourth-order valence-corrected chi connectivity index (χ4v) is 3.30. The molecule has 0 saturated carbocycles. The van der Waals surface area contributed by atoms with Gasteiger partial charge in [-0.1, -0.05) is 19.4 Å². The van der Waals surface area contributed by atoms with Crippen LogP contribution >= 0.6 is 0 Å². The number of nitriles is 1. The van der Waals surface area contributed by atoms with Gasteiger partial charge in [-0.15, -0.1) is 0 Å². The largest absolute Gasteiger partial charge is 0.497 e. The zero-order valence-electron chi connectivity index (χ0n) is 13.4. The van der Waals surface area contributed by atoms with E-state index in [2.05, 4.69) is 32.2 Å². The molecule has 1 N–H and O–H groups in total. The van der Waals surface area contributed by atoms with E-state index in [0.29, 0.717) is 0 Å². The highest BCUT2D eigenvalue weighted by Gasteiger charge is 2.33. The third kappa shape index (κ3) is 3.39. The van der Waals surface area contributed by atoms with Crippen molar-refractivity contribution in [1.29, 1.82) is 5.26 Å². The van der Waals surface area contributed by atoms with Crippen LogP contribution in [0.3, 0.4) is 0 Å². The van der Waals surface area contributed by atoms with Gasteiger partial charge in [-0.25, -0.2) is 0 Å². The van der Waals surface area contributed by atoms with Crippen LogP contribution in [0.5, 0.6) is 5.75 Å². The Labute approximate surface area is 127 Å². The van der Waals surface area contributed by atoms with E-state index < -0.39 is 0 Å². The molecule has 0 amide bonds. The van der Waals surface area contributed by atoms with Crippen molar-refractivity contribution in [3.8, 4) is 11.8 Å². The lowest BCUT2D eigenvalue weighted by atomic mass is 9.70. The van der Waals surface area contributed by atoms with E-state index in [9.17, 15) is 5.26 Å². The maximum atomic E-state index is 9.62. The molecule has 3 heteroatoms. The number of anilines is 1. The normalized spacial score (nSPS) is 18.8. The van der Waals surface area contributed by atoms with Crippen molar-refractivity contribution in [2.45, 2.75) is 46.1 Å². The number of benzene rings is 1. The molecule has 1 unspecified atom stereocenters. The average Bonchev–Trinajstić information content (AvgIpc) is 2.46. The Bertz CT molecular complexity index is 564. The van der Waals surface area contributed by atoms with Gasteiger partial charge in [-0.05, 0) is 61.4 Å². The molecule has 21 heavy (non-hydrogen) atoms. The lowest BCUT2D eigenvalue weighted by Crippen LogP contribution is -2.33. The highest BCUT2D eigenvalue weighted by atomic mass is 16.5. The van der Waals surface area contributed by atoms with Crippen LogP contribution < -0.4 is 10.1 Å². The van der Waals surface area contributed by atoms with Gasteiger partial charge < -0.3 is 10.1 Å². The second-order valence-corrected chi connectivity index (χ2v) is 6.37. The van der Waals surface area contributed by atoms with Gasteiger partial charge in [0.25, 0.3) is 0 Å². The summed E-state index contributed by atoms with van der Waals surface area (Å²) in [6.07, 6.45) is 3.45. The Morgan fingerprint density at radius 2 is 1.95 bits per heavy atom. The van der Waals surface area contributed by atoms with Crippen molar-refractivity contribution in [2.24, 2.45) is 5.41 Å². The van der Waals surface area contributed by atoms with Gasteiger partial charge >= 0.3 is 0 Å². The van der Waals surface area contributed by atoms with Gasteiger partial charge in [-0.3, -0.25) is 0 Å². The second kappa shape index (κ2) is 6.22. The molecule has 0 bridgehead atoms. The zero-order valence-corrected chi connectivity index (χ0v) is 13.4. The number of allylic oxidation sites excluding steroid dienone is 1. The first kappa shape index (κ1) is 15.4.